The van der Waals surface area contributed by atoms with E-state index >= 15 is 0 Å². The van der Waals surface area contributed by atoms with Crippen molar-refractivity contribution in [1.29, 1.82) is 0 Å². The molecule has 4 aromatic rings. The highest BCUT2D eigenvalue weighted by Gasteiger charge is 2.11. The van der Waals surface area contributed by atoms with Gasteiger partial charge < -0.3 is 24.9 Å². The summed E-state index contributed by atoms with van der Waals surface area (Å²) < 4.78 is 17.6. The zero-order valence-corrected chi connectivity index (χ0v) is 16.8. The molecule has 7 nitrogen and oxygen atoms in total. The Morgan fingerprint density at radius 2 is 2.00 bits per heavy atom. The van der Waals surface area contributed by atoms with Gasteiger partial charge in [0.25, 0.3) is 0 Å². The van der Waals surface area contributed by atoms with Crippen LogP contribution in [-0.4, -0.2) is 25.2 Å². The van der Waals surface area contributed by atoms with Crippen molar-refractivity contribution in [2.24, 2.45) is 10.7 Å². The average molecular weight is 408 g/mol. The number of guanidine groups is 1. The molecular weight excluding hydrogens is 388 g/mol. The van der Waals surface area contributed by atoms with E-state index in [1.807, 2.05) is 42.5 Å². The van der Waals surface area contributed by atoms with Crippen LogP contribution in [0.4, 0.5) is 5.69 Å². The van der Waals surface area contributed by atoms with Gasteiger partial charge in [-0.25, -0.2) is 9.98 Å². The first-order chi connectivity index (χ1) is 14.2. The number of nitrogens with zero attached hydrogens (tertiary/aromatic N) is 2. The lowest BCUT2D eigenvalue weighted by molar-refractivity contribution is 0.405. The summed E-state index contributed by atoms with van der Waals surface area (Å²) in [5.74, 6) is 2.99. The van der Waals surface area contributed by atoms with E-state index < -0.39 is 0 Å². The van der Waals surface area contributed by atoms with Gasteiger partial charge in [0.15, 0.2) is 16.7 Å². The van der Waals surface area contributed by atoms with Gasteiger partial charge in [0, 0.05) is 6.07 Å². The zero-order chi connectivity index (χ0) is 20.2. The largest absolute Gasteiger partial charge is 0.497 e. The van der Waals surface area contributed by atoms with Gasteiger partial charge in [-0.15, -0.1) is 11.3 Å². The lowest BCUT2D eigenvalue weighted by Gasteiger charge is -2.11. The quantitative estimate of drug-likeness (QED) is 0.360. The fourth-order valence-electron chi connectivity index (χ4n) is 2.81. The number of hydrogen-bond donors (Lipinski definition) is 2. The van der Waals surface area contributed by atoms with Gasteiger partial charge in [-0.05, 0) is 36.4 Å². The molecule has 29 heavy (non-hydrogen) atoms. The maximum Gasteiger partial charge on any atom is 0.193 e. The maximum atomic E-state index is 6.03. The Kier molecular flexibility index (Phi) is 5.35. The van der Waals surface area contributed by atoms with Crippen molar-refractivity contribution in [1.82, 2.24) is 4.98 Å². The van der Waals surface area contributed by atoms with Crippen LogP contribution in [0, 0.1) is 0 Å². The smallest absolute Gasteiger partial charge is 0.193 e. The van der Waals surface area contributed by atoms with Gasteiger partial charge >= 0.3 is 0 Å². The van der Waals surface area contributed by atoms with Crippen LogP contribution >= 0.6 is 11.3 Å². The number of para-hydroxylation sites is 1. The third-order valence-electron chi connectivity index (χ3n) is 4.24. The van der Waals surface area contributed by atoms with Crippen LogP contribution < -0.4 is 20.5 Å². The fraction of sp³-hybridized carbons (Fsp3) is 0.143. The lowest BCUT2D eigenvalue weighted by Crippen LogP contribution is -2.23. The van der Waals surface area contributed by atoms with Crippen molar-refractivity contribution < 1.29 is 13.9 Å². The second kappa shape index (κ2) is 8.24. The lowest BCUT2D eigenvalue weighted by atomic mass is 10.2. The predicted octanol–water partition coefficient (Wildman–Crippen LogP) is 4.50. The number of benzene rings is 2. The minimum Gasteiger partial charge on any atom is -0.497 e. The van der Waals surface area contributed by atoms with Crippen molar-refractivity contribution in [3.05, 3.63) is 60.4 Å². The topological polar surface area (TPSA) is 94.9 Å². The van der Waals surface area contributed by atoms with E-state index in [-0.39, 0.29) is 5.96 Å². The van der Waals surface area contributed by atoms with Crippen LogP contribution in [0.1, 0.15) is 5.76 Å². The molecule has 0 unspecified atom stereocenters. The molecule has 0 aliphatic carbocycles. The van der Waals surface area contributed by atoms with E-state index in [4.69, 9.17) is 19.6 Å². The highest BCUT2D eigenvalue weighted by Crippen LogP contribution is 2.31. The molecular formula is C21H20N4O3S. The summed E-state index contributed by atoms with van der Waals surface area (Å²) in [6.07, 6.45) is 0. The molecule has 0 fully saturated rings. The van der Waals surface area contributed by atoms with Gasteiger partial charge in [-0.1, -0.05) is 12.1 Å². The second-order valence-corrected chi connectivity index (χ2v) is 7.18. The van der Waals surface area contributed by atoms with Crippen LogP contribution in [-0.2, 0) is 6.54 Å². The van der Waals surface area contributed by atoms with Crippen LogP contribution in [0.2, 0.25) is 0 Å². The van der Waals surface area contributed by atoms with E-state index in [2.05, 4.69) is 15.3 Å². The van der Waals surface area contributed by atoms with Crippen LogP contribution in [0.25, 0.3) is 21.0 Å². The van der Waals surface area contributed by atoms with Crippen molar-refractivity contribution in [2.75, 3.05) is 19.5 Å². The Hall–Kier alpha value is -3.52. The van der Waals surface area contributed by atoms with Crippen molar-refractivity contribution >= 4 is 33.2 Å². The summed E-state index contributed by atoms with van der Waals surface area (Å²) in [5.41, 5.74) is 7.66. The number of hydrogen-bond acceptors (Lipinski definition) is 6. The van der Waals surface area contributed by atoms with E-state index in [9.17, 15) is 0 Å². The van der Waals surface area contributed by atoms with E-state index in [0.717, 1.165) is 21.0 Å². The summed E-state index contributed by atoms with van der Waals surface area (Å²) in [4.78, 5) is 8.96. The van der Waals surface area contributed by atoms with Crippen molar-refractivity contribution in [3.8, 4) is 22.3 Å². The normalized spacial score (nSPS) is 11.6. The molecule has 8 heteroatoms. The molecule has 0 aliphatic rings. The van der Waals surface area contributed by atoms with Crippen molar-refractivity contribution in [3.63, 3.8) is 0 Å². The fourth-order valence-corrected chi connectivity index (χ4v) is 3.74. The molecule has 0 amide bonds. The molecule has 0 radical (unpaired) electrons. The molecule has 2 aromatic heterocycles. The van der Waals surface area contributed by atoms with Gasteiger partial charge in [0.1, 0.15) is 23.8 Å². The summed E-state index contributed by atoms with van der Waals surface area (Å²) in [5, 5.41) is 3.87. The molecule has 0 spiro atoms. The van der Waals surface area contributed by atoms with Crippen LogP contribution in [0.5, 0.6) is 11.5 Å². The number of methoxy groups -OCH3 is 2. The highest BCUT2D eigenvalue weighted by molar-refractivity contribution is 7.21. The molecule has 0 aliphatic heterocycles. The Bertz CT molecular complexity index is 1130. The van der Waals surface area contributed by atoms with E-state index in [1.54, 1.807) is 37.7 Å². The number of aliphatic imine (C=N–C) groups is 1. The zero-order valence-electron chi connectivity index (χ0n) is 16.0. The predicted molar refractivity (Wildman–Crippen MR) is 116 cm³/mol. The Morgan fingerprint density at radius 1 is 1.14 bits per heavy atom. The average Bonchev–Trinajstić information content (AvgIpc) is 3.39. The summed E-state index contributed by atoms with van der Waals surface area (Å²) >= 11 is 1.59. The van der Waals surface area contributed by atoms with Gasteiger partial charge in [0.05, 0.1) is 30.1 Å². The summed E-state index contributed by atoms with van der Waals surface area (Å²) in [7, 11) is 3.19. The van der Waals surface area contributed by atoms with Gasteiger partial charge in [-0.2, -0.15) is 0 Å². The standard InChI is InChI=1S/C21H20N4O3S/c1-26-13-7-9-17(27-2)16(11-13)25-21(22)23-12-14-8-10-18(28-14)20-24-15-5-3-4-6-19(15)29-20/h3-11H,12H2,1-2H3,(H3,22,23,25). The van der Waals surface area contributed by atoms with E-state index in [1.165, 1.54) is 0 Å². The number of nitrogens with two attached hydrogens (primary N) is 1. The SMILES string of the molecule is COc1ccc(OC)c(NC(N)=NCc2ccc(-c3nc4ccccc4s3)o2)c1. The third kappa shape index (κ3) is 4.17. The minimum absolute atomic E-state index is 0.245. The van der Waals surface area contributed by atoms with Crippen LogP contribution in [0.3, 0.4) is 0 Å². The minimum atomic E-state index is 0.245. The molecule has 0 atom stereocenters. The summed E-state index contributed by atoms with van der Waals surface area (Å²) in [6, 6.07) is 17.2. The molecule has 0 bridgehead atoms. The van der Waals surface area contributed by atoms with Gasteiger partial charge in [-0.3, -0.25) is 0 Å². The summed E-state index contributed by atoms with van der Waals surface area (Å²) in [6.45, 7) is 0.302. The number of fused-ring (bicyclic) bond motifs is 1. The molecule has 3 N–H and O–H groups in total. The molecule has 0 saturated heterocycles. The highest BCUT2D eigenvalue weighted by atomic mass is 32.1. The maximum absolute atomic E-state index is 6.03. The molecule has 2 aromatic carbocycles. The number of rotatable bonds is 6. The number of furan rings is 1. The monoisotopic (exact) mass is 408 g/mol. The number of ether oxygens (including phenoxy) is 2. The number of nitrogens with one attached hydrogen (secondary N) is 1. The Morgan fingerprint density at radius 3 is 2.79 bits per heavy atom. The van der Waals surface area contributed by atoms with Gasteiger partial charge in [0.2, 0.25) is 0 Å². The molecule has 0 saturated carbocycles. The molecule has 148 valence electrons. The number of thiazole rings is 1. The first-order valence-electron chi connectivity index (χ1n) is 8.90. The Balaban J connectivity index is 1.47. The first kappa shape index (κ1) is 18.8. The van der Waals surface area contributed by atoms with Crippen LogP contribution in [0.15, 0.2) is 64.0 Å². The molecule has 2 heterocycles. The Labute approximate surface area is 171 Å². The third-order valence-corrected chi connectivity index (χ3v) is 5.29. The number of anilines is 1. The second-order valence-electron chi connectivity index (χ2n) is 6.15. The van der Waals surface area contributed by atoms with E-state index in [0.29, 0.717) is 29.5 Å². The number of aromatic nitrogens is 1. The molecule has 4 rings (SSSR count). The van der Waals surface area contributed by atoms with Crippen molar-refractivity contribution in [2.45, 2.75) is 6.54 Å². The first-order valence-corrected chi connectivity index (χ1v) is 9.71.